The molecule has 7 heteroatoms. The van der Waals surface area contributed by atoms with Gasteiger partial charge in [0.25, 0.3) is 11.8 Å². The first kappa shape index (κ1) is 17.3. The van der Waals surface area contributed by atoms with Crippen molar-refractivity contribution in [1.82, 2.24) is 15.6 Å². The molecule has 26 heavy (non-hydrogen) atoms. The number of aromatic nitrogens is 1. The van der Waals surface area contributed by atoms with Crippen molar-refractivity contribution >= 4 is 11.8 Å². The van der Waals surface area contributed by atoms with Gasteiger partial charge in [0.15, 0.2) is 0 Å². The highest BCUT2D eigenvalue weighted by Gasteiger charge is 2.12. The fraction of sp³-hybridized carbons (Fsp3) is 0.105. The van der Waals surface area contributed by atoms with Gasteiger partial charge in [0, 0.05) is 23.9 Å². The number of nitrogens with one attached hydrogen (secondary N) is 2. The Bertz CT molecular complexity index is 910. The predicted octanol–water partition coefficient (Wildman–Crippen LogP) is 2.67. The number of carbonyl (C=O) groups is 2. The molecule has 0 atom stereocenters. The van der Waals surface area contributed by atoms with Crippen LogP contribution in [0.3, 0.4) is 0 Å². The number of rotatable bonds is 6. The van der Waals surface area contributed by atoms with Crippen LogP contribution >= 0.6 is 0 Å². The van der Waals surface area contributed by atoms with Crippen molar-refractivity contribution in [1.29, 1.82) is 0 Å². The van der Waals surface area contributed by atoms with Crippen LogP contribution in [-0.4, -0.2) is 16.8 Å². The fourth-order valence-electron chi connectivity index (χ4n) is 2.29. The maximum atomic E-state index is 13.6. The van der Waals surface area contributed by atoms with E-state index in [9.17, 15) is 14.0 Å². The molecule has 0 fully saturated rings. The van der Waals surface area contributed by atoms with E-state index in [2.05, 4.69) is 15.6 Å². The summed E-state index contributed by atoms with van der Waals surface area (Å²) in [4.78, 5) is 28.3. The van der Waals surface area contributed by atoms with Gasteiger partial charge in [-0.2, -0.15) is 0 Å². The van der Waals surface area contributed by atoms with Crippen LogP contribution in [0.1, 0.15) is 32.2 Å². The normalized spacial score (nSPS) is 10.3. The molecule has 132 valence electrons. The summed E-state index contributed by atoms with van der Waals surface area (Å²) in [5.41, 5.74) is 0.739. The van der Waals surface area contributed by atoms with Crippen molar-refractivity contribution in [2.24, 2.45) is 0 Å². The average molecular weight is 353 g/mol. The van der Waals surface area contributed by atoms with E-state index in [4.69, 9.17) is 4.42 Å². The average Bonchev–Trinajstić information content (AvgIpc) is 3.19. The molecule has 0 aliphatic carbocycles. The fourth-order valence-corrected chi connectivity index (χ4v) is 2.29. The number of halogens is 1. The molecule has 0 spiro atoms. The van der Waals surface area contributed by atoms with Crippen molar-refractivity contribution in [2.75, 3.05) is 0 Å². The minimum absolute atomic E-state index is 0.0299. The van der Waals surface area contributed by atoms with Gasteiger partial charge in [-0.15, -0.1) is 0 Å². The third kappa shape index (κ3) is 4.32. The molecule has 3 aromatic rings. The zero-order chi connectivity index (χ0) is 18.4. The number of carbonyl (C=O) groups excluding carboxylic acids is 2. The largest absolute Gasteiger partial charge is 0.467 e. The Morgan fingerprint density at radius 3 is 2.58 bits per heavy atom. The first-order valence-corrected chi connectivity index (χ1v) is 7.92. The number of benzene rings is 1. The van der Waals surface area contributed by atoms with E-state index in [-0.39, 0.29) is 24.7 Å². The molecular formula is C19H16FN3O3. The Kier molecular flexibility index (Phi) is 5.38. The molecule has 1 aromatic carbocycles. The highest BCUT2D eigenvalue weighted by Crippen LogP contribution is 2.07. The summed E-state index contributed by atoms with van der Waals surface area (Å²) in [5.74, 6) is -0.622. The van der Waals surface area contributed by atoms with Crippen LogP contribution in [0.25, 0.3) is 0 Å². The molecule has 0 bridgehead atoms. The van der Waals surface area contributed by atoms with Gasteiger partial charge in [-0.1, -0.05) is 18.2 Å². The van der Waals surface area contributed by atoms with Crippen LogP contribution in [0.2, 0.25) is 0 Å². The van der Waals surface area contributed by atoms with Gasteiger partial charge in [-0.3, -0.25) is 14.6 Å². The molecule has 2 N–H and O–H groups in total. The van der Waals surface area contributed by atoms with Crippen molar-refractivity contribution in [3.8, 4) is 0 Å². The van der Waals surface area contributed by atoms with E-state index >= 15 is 0 Å². The Morgan fingerprint density at radius 2 is 1.81 bits per heavy atom. The lowest BCUT2D eigenvalue weighted by molar-refractivity contribution is 0.0945. The van der Waals surface area contributed by atoms with E-state index in [1.165, 1.54) is 30.7 Å². The van der Waals surface area contributed by atoms with Crippen molar-refractivity contribution in [3.05, 3.63) is 89.4 Å². The number of hydrogen-bond acceptors (Lipinski definition) is 4. The second kappa shape index (κ2) is 8.06. The van der Waals surface area contributed by atoms with Gasteiger partial charge in [-0.05, 0) is 30.3 Å². The molecule has 0 aliphatic heterocycles. The maximum Gasteiger partial charge on any atom is 0.270 e. The summed E-state index contributed by atoms with van der Waals surface area (Å²) in [5, 5.41) is 5.28. The number of amides is 2. The number of hydrogen-bond donors (Lipinski definition) is 2. The van der Waals surface area contributed by atoms with E-state index in [0.717, 1.165) is 0 Å². The number of furan rings is 1. The highest BCUT2D eigenvalue weighted by atomic mass is 19.1. The third-order valence-electron chi connectivity index (χ3n) is 3.66. The summed E-state index contributed by atoms with van der Waals surface area (Å²) in [7, 11) is 0. The number of nitrogens with zero attached hydrogens (tertiary/aromatic N) is 1. The van der Waals surface area contributed by atoms with Crippen LogP contribution in [0.4, 0.5) is 4.39 Å². The van der Waals surface area contributed by atoms with Crippen molar-refractivity contribution < 1.29 is 18.4 Å². The van der Waals surface area contributed by atoms with E-state index in [1.807, 2.05) is 0 Å². The molecule has 2 aromatic heterocycles. The monoisotopic (exact) mass is 353 g/mol. The quantitative estimate of drug-likeness (QED) is 0.714. The van der Waals surface area contributed by atoms with Crippen LogP contribution < -0.4 is 10.6 Å². The van der Waals surface area contributed by atoms with E-state index < -0.39 is 11.7 Å². The van der Waals surface area contributed by atoms with Crippen molar-refractivity contribution in [2.45, 2.75) is 13.1 Å². The molecule has 0 radical (unpaired) electrons. The summed E-state index contributed by atoms with van der Waals surface area (Å²) < 4.78 is 18.7. The minimum Gasteiger partial charge on any atom is -0.467 e. The van der Waals surface area contributed by atoms with Crippen LogP contribution in [0.15, 0.2) is 65.4 Å². The van der Waals surface area contributed by atoms with E-state index in [0.29, 0.717) is 16.9 Å². The lowest BCUT2D eigenvalue weighted by Gasteiger charge is -2.07. The topological polar surface area (TPSA) is 84.2 Å². The summed E-state index contributed by atoms with van der Waals surface area (Å²) in [6.07, 6.45) is 2.89. The highest BCUT2D eigenvalue weighted by molar-refractivity contribution is 5.98. The Labute approximate surface area is 149 Å². The summed E-state index contributed by atoms with van der Waals surface area (Å²) in [6.45, 7) is 0.269. The first-order valence-electron chi connectivity index (χ1n) is 7.92. The second-order valence-electron chi connectivity index (χ2n) is 5.47. The molecule has 0 unspecified atom stereocenters. The summed E-state index contributed by atoms with van der Waals surface area (Å²) in [6, 6.07) is 12.5. The molecule has 0 aliphatic rings. The Morgan fingerprint density at radius 1 is 1.00 bits per heavy atom. The smallest absolute Gasteiger partial charge is 0.270 e. The molecule has 2 amide bonds. The van der Waals surface area contributed by atoms with Crippen molar-refractivity contribution in [3.63, 3.8) is 0 Å². The Balaban J connectivity index is 1.61. The zero-order valence-corrected chi connectivity index (χ0v) is 13.7. The molecule has 0 saturated carbocycles. The molecular weight excluding hydrogens is 337 g/mol. The molecule has 3 rings (SSSR count). The van der Waals surface area contributed by atoms with Crippen LogP contribution in [-0.2, 0) is 13.1 Å². The van der Waals surface area contributed by atoms with Crippen LogP contribution in [0, 0.1) is 5.82 Å². The van der Waals surface area contributed by atoms with E-state index in [1.54, 1.807) is 30.3 Å². The lowest BCUT2D eigenvalue weighted by Crippen LogP contribution is -2.26. The van der Waals surface area contributed by atoms with Gasteiger partial charge in [0.1, 0.15) is 17.3 Å². The SMILES string of the molecule is O=C(NCc1ccco1)c1ccnc(C(=O)NCc2ccccc2F)c1. The summed E-state index contributed by atoms with van der Waals surface area (Å²) >= 11 is 0. The molecule has 6 nitrogen and oxygen atoms in total. The lowest BCUT2D eigenvalue weighted by atomic mass is 10.2. The predicted molar refractivity (Wildman–Crippen MR) is 91.7 cm³/mol. The van der Waals surface area contributed by atoms with Crippen LogP contribution in [0.5, 0.6) is 0 Å². The minimum atomic E-state index is -0.492. The Hall–Kier alpha value is -3.48. The van der Waals surface area contributed by atoms with Gasteiger partial charge in [0.2, 0.25) is 0 Å². The van der Waals surface area contributed by atoms with Gasteiger partial charge < -0.3 is 15.1 Å². The molecule has 0 saturated heterocycles. The standard InChI is InChI=1S/C19H16FN3O3/c20-16-6-2-1-4-14(16)11-22-19(25)17-10-13(7-8-21-17)18(24)23-12-15-5-3-9-26-15/h1-10H,11-12H2,(H,22,25)(H,23,24). The second-order valence-corrected chi connectivity index (χ2v) is 5.47. The molecule has 2 heterocycles. The van der Waals surface area contributed by atoms with Gasteiger partial charge in [0.05, 0.1) is 12.8 Å². The third-order valence-corrected chi connectivity index (χ3v) is 3.66. The zero-order valence-electron chi connectivity index (χ0n) is 13.7. The maximum absolute atomic E-state index is 13.6. The van der Waals surface area contributed by atoms with Gasteiger partial charge in [-0.25, -0.2) is 4.39 Å². The number of pyridine rings is 1. The van der Waals surface area contributed by atoms with Gasteiger partial charge >= 0.3 is 0 Å². The first-order chi connectivity index (χ1) is 12.6.